The molecule has 0 radical (unpaired) electrons. The fourth-order valence-electron chi connectivity index (χ4n) is 1.56. The van der Waals surface area contributed by atoms with Crippen LogP contribution in [0.4, 0.5) is 5.69 Å². The second-order valence-electron chi connectivity index (χ2n) is 4.10. The quantitative estimate of drug-likeness (QED) is 0.513. The summed E-state index contributed by atoms with van der Waals surface area (Å²) < 4.78 is 20.6. The number of aromatic nitrogens is 1. The number of hydrogen-bond donors (Lipinski definition) is 1. The molecule has 0 saturated heterocycles. The minimum atomic E-state index is -0.488. The number of nitrogen functional groups attached to an aromatic ring is 1. The van der Waals surface area contributed by atoms with E-state index < -0.39 is 5.97 Å². The number of hydrogen-bond acceptors (Lipinski definition) is 7. The number of pyridine rings is 1. The van der Waals surface area contributed by atoms with Crippen molar-refractivity contribution in [3.63, 3.8) is 0 Å². The molecular weight excluding hydrogens is 276 g/mol. The Morgan fingerprint density at radius 1 is 1.29 bits per heavy atom. The summed E-state index contributed by atoms with van der Waals surface area (Å²) in [6, 6.07) is 1.50. The van der Waals surface area contributed by atoms with Crippen LogP contribution in [0.25, 0.3) is 0 Å². The number of nitrogens with two attached hydrogens (primary N) is 1. The van der Waals surface area contributed by atoms with Crippen LogP contribution in [0.5, 0.6) is 5.88 Å². The van der Waals surface area contributed by atoms with Crippen molar-refractivity contribution in [1.82, 2.24) is 4.98 Å². The number of carbonyl (C=O) groups is 1. The van der Waals surface area contributed by atoms with Crippen LogP contribution in [0.2, 0.25) is 0 Å². The SMILES string of the molecule is CCOC(=O)c1ccnc(OCCOCCCOC)c1N. The summed E-state index contributed by atoms with van der Waals surface area (Å²) in [4.78, 5) is 15.7. The zero-order chi connectivity index (χ0) is 15.5. The Morgan fingerprint density at radius 3 is 2.81 bits per heavy atom. The van der Waals surface area contributed by atoms with Gasteiger partial charge in [0, 0.05) is 26.5 Å². The van der Waals surface area contributed by atoms with Crippen molar-refractivity contribution in [2.75, 3.05) is 45.9 Å². The number of carbonyl (C=O) groups excluding carboxylic acids is 1. The molecule has 0 aliphatic rings. The summed E-state index contributed by atoms with van der Waals surface area (Å²) in [6.07, 6.45) is 2.28. The van der Waals surface area contributed by atoms with Gasteiger partial charge in [0.15, 0.2) is 0 Å². The van der Waals surface area contributed by atoms with Crippen molar-refractivity contribution >= 4 is 11.7 Å². The van der Waals surface area contributed by atoms with Gasteiger partial charge in [0.25, 0.3) is 0 Å². The van der Waals surface area contributed by atoms with Gasteiger partial charge in [-0.05, 0) is 19.4 Å². The summed E-state index contributed by atoms with van der Waals surface area (Å²) >= 11 is 0. The Balaban J connectivity index is 2.41. The van der Waals surface area contributed by atoms with Gasteiger partial charge in [-0.25, -0.2) is 9.78 Å². The highest BCUT2D eigenvalue weighted by Gasteiger charge is 2.15. The van der Waals surface area contributed by atoms with Crippen LogP contribution in [0.15, 0.2) is 12.3 Å². The van der Waals surface area contributed by atoms with E-state index in [0.29, 0.717) is 26.4 Å². The van der Waals surface area contributed by atoms with E-state index in [9.17, 15) is 4.79 Å². The van der Waals surface area contributed by atoms with Crippen molar-refractivity contribution in [2.24, 2.45) is 0 Å². The van der Waals surface area contributed by atoms with Crippen LogP contribution in [-0.2, 0) is 14.2 Å². The first-order chi connectivity index (χ1) is 10.2. The van der Waals surface area contributed by atoms with Gasteiger partial charge in [0.1, 0.15) is 12.3 Å². The van der Waals surface area contributed by atoms with E-state index in [1.165, 1.54) is 12.3 Å². The van der Waals surface area contributed by atoms with E-state index >= 15 is 0 Å². The lowest BCUT2D eigenvalue weighted by Gasteiger charge is -2.10. The van der Waals surface area contributed by atoms with E-state index in [1.54, 1.807) is 14.0 Å². The van der Waals surface area contributed by atoms with Crippen LogP contribution in [0, 0.1) is 0 Å². The first-order valence-electron chi connectivity index (χ1n) is 6.81. The summed E-state index contributed by atoms with van der Waals surface area (Å²) in [7, 11) is 1.65. The topological polar surface area (TPSA) is 92.9 Å². The minimum Gasteiger partial charge on any atom is -0.474 e. The van der Waals surface area contributed by atoms with Crippen molar-refractivity contribution in [1.29, 1.82) is 0 Å². The molecule has 0 saturated carbocycles. The Labute approximate surface area is 124 Å². The average Bonchev–Trinajstić information content (AvgIpc) is 2.48. The third kappa shape index (κ3) is 5.97. The second-order valence-corrected chi connectivity index (χ2v) is 4.10. The molecule has 0 aliphatic heterocycles. The molecule has 1 aromatic heterocycles. The molecule has 7 nitrogen and oxygen atoms in total. The molecule has 1 heterocycles. The largest absolute Gasteiger partial charge is 0.474 e. The Bertz CT molecular complexity index is 439. The van der Waals surface area contributed by atoms with Gasteiger partial charge < -0.3 is 24.7 Å². The molecule has 118 valence electrons. The van der Waals surface area contributed by atoms with Gasteiger partial charge in [0.05, 0.1) is 18.8 Å². The van der Waals surface area contributed by atoms with Crippen LogP contribution in [-0.4, -0.2) is 51.1 Å². The summed E-state index contributed by atoms with van der Waals surface area (Å²) in [6.45, 7) is 3.99. The first kappa shape index (κ1) is 17.2. The highest BCUT2D eigenvalue weighted by Crippen LogP contribution is 2.22. The highest BCUT2D eigenvalue weighted by atomic mass is 16.5. The first-order valence-corrected chi connectivity index (χ1v) is 6.81. The molecule has 0 amide bonds. The monoisotopic (exact) mass is 298 g/mol. The van der Waals surface area contributed by atoms with Gasteiger partial charge in [-0.2, -0.15) is 0 Å². The minimum absolute atomic E-state index is 0.176. The Morgan fingerprint density at radius 2 is 2.10 bits per heavy atom. The third-order valence-electron chi connectivity index (χ3n) is 2.55. The van der Waals surface area contributed by atoms with Crippen LogP contribution in [0.3, 0.4) is 0 Å². The van der Waals surface area contributed by atoms with Crippen molar-refractivity contribution in [3.05, 3.63) is 17.8 Å². The number of ether oxygens (including phenoxy) is 4. The predicted octanol–water partition coefficient (Wildman–Crippen LogP) is 1.27. The van der Waals surface area contributed by atoms with Gasteiger partial charge in [-0.1, -0.05) is 0 Å². The molecule has 0 aromatic carbocycles. The molecule has 21 heavy (non-hydrogen) atoms. The molecule has 0 unspecified atom stereocenters. The molecule has 0 spiro atoms. The highest BCUT2D eigenvalue weighted by molar-refractivity contribution is 5.96. The van der Waals surface area contributed by atoms with Crippen molar-refractivity contribution in [2.45, 2.75) is 13.3 Å². The molecule has 0 aliphatic carbocycles. The maximum Gasteiger partial charge on any atom is 0.340 e. The standard InChI is InChI=1S/C14H22N2O5/c1-3-20-14(17)11-5-6-16-13(12(11)15)21-10-9-19-8-4-7-18-2/h5-6H,3-4,7-10,15H2,1-2H3. The number of anilines is 1. The van der Waals surface area contributed by atoms with E-state index in [-0.39, 0.29) is 23.7 Å². The maximum atomic E-state index is 11.7. The van der Waals surface area contributed by atoms with E-state index in [4.69, 9.17) is 24.7 Å². The average molecular weight is 298 g/mol. The molecule has 1 rings (SSSR count). The van der Waals surface area contributed by atoms with Gasteiger partial charge in [-0.3, -0.25) is 0 Å². The van der Waals surface area contributed by atoms with Gasteiger partial charge >= 0.3 is 5.97 Å². The number of rotatable bonds is 10. The molecule has 1 aromatic rings. The van der Waals surface area contributed by atoms with Crippen LogP contribution in [0.1, 0.15) is 23.7 Å². The maximum absolute atomic E-state index is 11.7. The summed E-state index contributed by atoms with van der Waals surface area (Å²) in [5.41, 5.74) is 6.28. The zero-order valence-electron chi connectivity index (χ0n) is 12.5. The van der Waals surface area contributed by atoms with Crippen molar-refractivity contribution < 1.29 is 23.7 Å². The molecular formula is C14H22N2O5. The lowest BCUT2D eigenvalue weighted by atomic mass is 10.2. The van der Waals surface area contributed by atoms with E-state index in [1.807, 2.05) is 0 Å². The fourth-order valence-corrected chi connectivity index (χ4v) is 1.56. The molecule has 0 fully saturated rings. The fraction of sp³-hybridized carbons (Fsp3) is 0.571. The molecule has 0 bridgehead atoms. The van der Waals surface area contributed by atoms with Crippen LogP contribution < -0.4 is 10.5 Å². The summed E-state index contributed by atoms with van der Waals surface area (Å²) in [5, 5.41) is 0. The number of methoxy groups -OCH3 is 1. The van der Waals surface area contributed by atoms with E-state index in [2.05, 4.69) is 4.98 Å². The normalized spacial score (nSPS) is 10.4. The van der Waals surface area contributed by atoms with Gasteiger partial charge in [-0.15, -0.1) is 0 Å². The predicted molar refractivity (Wildman–Crippen MR) is 77.4 cm³/mol. The zero-order valence-corrected chi connectivity index (χ0v) is 12.5. The van der Waals surface area contributed by atoms with Crippen molar-refractivity contribution in [3.8, 4) is 5.88 Å². The van der Waals surface area contributed by atoms with Crippen LogP contribution >= 0.6 is 0 Å². The summed E-state index contributed by atoms with van der Waals surface area (Å²) in [5.74, 6) is -0.279. The second kappa shape index (κ2) is 9.95. The Hall–Kier alpha value is -1.86. The lowest BCUT2D eigenvalue weighted by Crippen LogP contribution is -2.13. The smallest absolute Gasteiger partial charge is 0.340 e. The lowest BCUT2D eigenvalue weighted by molar-refractivity contribution is 0.0526. The molecule has 0 atom stereocenters. The number of esters is 1. The number of nitrogens with zero attached hydrogens (tertiary/aromatic N) is 1. The van der Waals surface area contributed by atoms with E-state index in [0.717, 1.165) is 6.42 Å². The molecule has 7 heteroatoms. The third-order valence-corrected chi connectivity index (χ3v) is 2.55. The molecule has 2 N–H and O–H groups in total. The van der Waals surface area contributed by atoms with Gasteiger partial charge in [0.2, 0.25) is 5.88 Å². The Kier molecular flexibility index (Phi) is 8.15.